The Morgan fingerprint density at radius 1 is 1.37 bits per heavy atom. The standard InChI is InChI=1S/C14H11NO3S/c16-11-2-1-3-12-9(11)7-15-10-6-8(14(17)18)4-5-13(10)19-12/h1,3-6,15H,2,7H2,(H,17,18). The number of carbonyl (C=O) groups excluding carboxylic acids is 1. The summed E-state index contributed by atoms with van der Waals surface area (Å²) in [6.45, 7) is 0.446. The summed E-state index contributed by atoms with van der Waals surface area (Å²) in [5.41, 5.74) is 1.79. The van der Waals surface area contributed by atoms with Crippen LogP contribution in [0.15, 0.2) is 45.7 Å². The second kappa shape index (κ2) is 4.59. The van der Waals surface area contributed by atoms with Crippen molar-refractivity contribution in [2.24, 2.45) is 0 Å². The van der Waals surface area contributed by atoms with E-state index in [1.54, 1.807) is 18.2 Å². The summed E-state index contributed by atoms with van der Waals surface area (Å²) in [4.78, 5) is 24.7. The van der Waals surface area contributed by atoms with Gasteiger partial charge in [0.2, 0.25) is 0 Å². The summed E-state index contributed by atoms with van der Waals surface area (Å²) < 4.78 is 0. The van der Waals surface area contributed by atoms with Crippen molar-refractivity contribution in [1.29, 1.82) is 0 Å². The van der Waals surface area contributed by atoms with E-state index in [9.17, 15) is 9.59 Å². The average Bonchev–Trinajstić information content (AvgIpc) is 2.57. The number of rotatable bonds is 1. The van der Waals surface area contributed by atoms with Crippen molar-refractivity contribution in [3.8, 4) is 0 Å². The Labute approximate surface area is 114 Å². The minimum atomic E-state index is -0.951. The third-order valence-electron chi connectivity index (χ3n) is 3.11. The van der Waals surface area contributed by atoms with Gasteiger partial charge in [0.15, 0.2) is 5.78 Å². The maximum absolute atomic E-state index is 11.9. The van der Waals surface area contributed by atoms with Crippen molar-refractivity contribution in [2.75, 3.05) is 11.9 Å². The smallest absolute Gasteiger partial charge is 0.335 e. The zero-order chi connectivity index (χ0) is 13.4. The largest absolute Gasteiger partial charge is 0.478 e. The summed E-state index contributed by atoms with van der Waals surface area (Å²) in [5, 5.41) is 12.1. The van der Waals surface area contributed by atoms with Crippen LogP contribution in [-0.2, 0) is 4.79 Å². The fraction of sp³-hybridized carbons (Fsp3) is 0.143. The third kappa shape index (κ3) is 2.17. The molecule has 1 aliphatic heterocycles. The molecule has 0 atom stereocenters. The van der Waals surface area contributed by atoms with Gasteiger partial charge in [0.05, 0.1) is 5.56 Å². The van der Waals surface area contributed by atoms with Crippen LogP contribution >= 0.6 is 11.8 Å². The lowest BCUT2D eigenvalue weighted by molar-refractivity contribution is -0.114. The monoisotopic (exact) mass is 273 g/mol. The summed E-state index contributed by atoms with van der Waals surface area (Å²) in [6.07, 6.45) is 4.27. The third-order valence-corrected chi connectivity index (χ3v) is 4.29. The maximum atomic E-state index is 11.9. The first-order valence-electron chi connectivity index (χ1n) is 5.87. The van der Waals surface area contributed by atoms with Crippen molar-refractivity contribution < 1.29 is 14.7 Å². The molecule has 3 rings (SSSR count). The van der Waals surface area contributed by atoms with Gasteiger partial charge in [0.25, 0.3) is 0 Å². The number of aromatic carboxylic acids is 1. The number of thioether (sulfide) groups is 1. The van der Waals surface area contributed by atoms with E-state index >= 15 is 0 Å². The molecular weight excluding hydrogens is 262 g/mol. The Balaban J connectivity index is 2.00. The molecule has 1 aromatic carbocycles. The Kier molecular flexibility index (Phi) is 2.91. The summed E-state index contributed by atoms with van der Waals surface area (Å²) in [5.74, 6) is -0.823. The van der Waals surface area contributed by atoms with E-state index in [1.807, 2.05) is 12.2 Å². The Morgan fingerprint density at radius 3 is 3.00 bits per heavy atom. The van der Waals surface area contributed by atoms with Gasteiger partial charge in [-0.05, 0) is 18.2 Å². The highest BCUT2D eigenvalue weighted by Crippen LogP contribution is 2.39. The van der Waals surface area contributed by atoms with Crippen molar-refractivity contribution in [3.05, 3.63) is 46.4 Å². The molecule has 1 aromatic rings. The summed E-state index contributed by atoms with van der Waals surface area (Å²) in [6, 6.07) is 4.96. The number of allylic oxidation sites excluding steroid dienone is 2. The van der Waals surface area contributed by atoms with Crippen LogP contribution in [-0.4, -0.2) is 23.4 Å². The van der Waals surface area contributed by atoms with Crippen LogP contribution in [0, 0.1) is 0 Å². The van der Waals surface area contributed by atoms with Crippen LogP contribution in [0.4, 0.5) is 5.69 Å². The van der Waals surface area contributed by atoms with Gasteiger partial charge in [0.1, 0.15) is 0 Å². The number of nitrogens with one attached hydrogen (secondary N) is 1. The number of carboxylic acids is 1. The lowest BCUT2D eigenvalue weighted by Gasteiger charge is -2.10. The molecule has 2 N–H and O–H groups in total. The van der Waals surface area contributed by atoms with E-state index in [-0.39, 0.29) is 11.3 Å². The van der Waals surface area contributed by atoms with E-state index in [0.29, 0.717) is 13.0 Å². The zero-order valence-electron chi connectivity index (χ0n) is 9.97. The topological polar surface area (TPSA) is 66.4 Å². The quantitative estimate of drug-likeness (QED) is 0.823. The second-order valence-corrected chi connectivity index (χ2v) is 5.43. The number of Topliss-reactive ketones (excluding diaryl/α,β-unsaturated/α-hetero) is 1. The van der Waals surface area contributed by atoms with Crippen molar-refractivity contribution in [1.82, 2.24) is 0 Å². The Morgan fingerprint density at radius 2 is 2.21 bits per heavy atom. The van der Waals surface area contributed by atoms with Gasteiger partial charge >= 0.3 is 5.97 Å². The van der Waals surface area contributed by atoms with Crippen LogP contribution in [0.1, 0.15) is 16.8 Å². The van der Waals surface area contributed by atoms with E-state index in [1.165, 1.54) is 11.8 Å². The van der Waals surface area contributed by atoms with Gasteiger partial charge < -0.3 is 10.4 Å². The van der Waals surface area contributed by atoms with Crippen molar-refractivity contribution in [2.45, 2.75) is 11.3 Å². The van der Waals surface area contributed by atoms with Crippen molar-refractivity contribution in [3.63, 3.8) is 0 Å². The molecular formula is C14H11NO3S. The van der Waals surface area contributed by atoms with Crippen LogP contribution in [0.5, 0.6) is 0 Å². The first-order valence-corrected chi connectivity index (χ1v) is 6.69. The number of anilines is 1. The average molecular weight is 273 g/mol. The molecule has 19 heavy (non-hydrogen) atoms. The summed E-state index contributed by atoms with van der Waals surface area (Å²) >= 11 is 1.50. The molecule has 0 saturated carbocycles. The molecule has 1 aliphatic carbocycles. The summed E-state index contributed by atoms with van der Waals surface area (Å²) in [7, 11) is 0. The maximum Gasteiger partial charge on any atom is 0.335 e. The number of fused-ring (bicyclic) bond motifs is 1. The van der Waals surface area contributed by atoms with E-state index in [0.717, 1.165) is 21.1 Å². The van der Waals surface area contributed by atoms with Gasteiger partial charge in [-0.25, -0.2) is 4.79 Å². The minimum absolute atomic E-state index is 0.128. The molecule has 0 fully saturated rings. The molecule has 5 heteroatoms. The lowest BCUT2D eigenvalue weighted by Crippen LogP contribution is -2.14. The van der Waals surface area contributed by atoms with Gasteiger partial charge in [-0.2, -0.15) is 0 Å². The molecule has 0 unspecified atom stereocenters. The molecule has 2 aliphatic rings. The van der Waals surface area contributed by atoms with Gasteiger partial charge in [0, 0.05) is 34.0 Å². The molecule has 96 valence electrons. The van der Waals surface area contributed by atoms with Gasteiger partial charge in [-0.15, -0.1) is 0 Å². The zero-order valence-corrected chi connectivity index (χ0v) is 10.8. The second-order valence-electron chi connectivity index (χ2n) is 4.34. The highest BCUT2D eigenvalue weighted by atomic mass is 32.2. The number of hydrogen-bond donors (Lipinski definition) is 2. The molecule has 0 spiro atoms. The Hall–Kier alpha value is -2.01. The number of ketones is 1. The normalized spacial score (nSPS) is 17.4. The molecule has 4 nitrogen and oxygen atoms in total. The molecule has 1 heterocycles. The van der Waals surface area contributed by atoms with E-state index in [2.05, 4.69) is 5.32 Å². The molecule has 0 radical (unpaired) electrons. The number of hydrogen-bond acceptors (Lipinski definition) is 4. The predicted molar refractivity (Wildman–Crippen MR) is 73.5 cm³/mol. The highest BCUT2D eigenvalue weighted by Gasteiger charge is 2.22. The first kappa shape index (κ1) is 12.0. The predicted octanol–water partition coefficient (Wildman–Crippen LogP) is 2.69. The molecule has 0 amide bonds. The van der Waals surface area contributed by atoms with Gasteiger partial charge in [-0.3, -0.25) is 4.79 Å². The number of benzene rings is 1. The lowest BCUT2D eigenvalue weighted by atomic mass is 10.0. The Bertz CT molecular complexity index is 646. The van der Waals surface area contributed by atoms with Crippen LogP contribution < -0.4 is 5.32 Å². The van der Waals surface area contributed by atoms with Crippen LogP contribution in [0.2, 0.25) is 0 Å². The first-order chi connectivity index (χ1) is 9.15. The minimum Gasteiger partial charge on any atom is -0.478 e. The fourth-order valence-corrected chi connectivity index (χ4v) is 3.20. The van der Waals surface area contributed by atoms with Crippen molar-refractivity contribution >= 4 is 29.2 Å². The SMILES string of the molecule is O=C1CC=CC2=C1CNc1cc(C(=O)O)ccc1S2. The van der Waals surface area contributed by atoms with E-state index < -0.39 is 5.97 Å². The highest BCUT2D eigenvalue weighted by molar-refractivity contribution is 8.03. The number of carboxylic acid groups (broad SMARTS) is 1. The number of carbonyl (C=O) groups is 2. The molecule has 0 aromatic heterocycles. The van der Waals surface area contributed by atoms with E-state index in [4.69, 9.17) is 5.11 Å². The molecule has 0 bridgehead atoms. The van der Waals surface area contributed by atoms with Crippen LogP contribution in [0.25, 0.3) is 0 Å². The molecule has 0 saturated heterocycles. The van der Waals surface area contributed by atoms with Gasteiger partial charge in [-0.1, -0.05) is 23.9 Å². The fourth-order valence-electron chi connectivity index (χ4n) is 2.11. The van der Waals surface area contributed by atoms with Crippen LogP contribution in [0.3, 0.4) is 0 Å².